The minimum absolute atomic E-state index is 0.0425. The highest BCUT2D eigenvalue weighted by molar-refractivity contribution is 5.95. The van der Waals surface area contributed by atoms with Gasteiger partial charge in [0, 0.05) is 5.69 Å². The number of rotatable bonds is 5. The Bertz CT molecular complexity index is 816. The average Bonchev–Trinajstić information content (AvgIpc) is 2.67. The van der Waals surface area contributed by atoms with E-state index in [0.29, 0.717) is 23.1 Å². The molecule has 0 aliphatic carbocycles. The molecule has 0 fully saturated rings. The maximum absolute atomic E-state index is 12.3. The zero-order valence-electron chi connectivity index (χ0n) is 15.6. The highest BCUT2D eigenvalue weighted by atomic mass is 16.6. The van der Waals surface area contributed by atoms with E-state index in [1.807, 2.05) is 30.3 Å². The van der Waals surface area contributed by atoms with Crippen LogP contribution in [0.5, 0.6) is 11.5 Å². The van der Waals surface area contributed by atoms with Gasteiger partial charge in [0.25, 0.3) is 5.91 Å². The van der Waals surface area contributed by atoms with Crippen LogP contribution in [-0.2, 0) is 14.3 Å². The van der Waals surface area contributed by atoms with Crippen LogP contribution in [0.15, 0.2) is 48.5 Å². The SMILES string of the molecule is CC(C)c1ccc(NC(=O)[C@H](C)OC(=O)[C@@H]2COc3ccccc3O2)cc1. The predicted molar refractivity (Wildman–Crippen MR) is 101 cm³/mol. The molecular formula is C21H23NO5. The van der Waals surface area contributed by atoms with Crippen LogP contribution in [-0.4, -0.2) is 30.7 Å². The first-order chi connectivity index (χ1) is 12.9. The topological polar surface area (TPSA) is 73.9 Å². The normalized spacial score (nSPS) is 16.5. The molecule has 3 rings (SSSR count). The van der Waals surface area contributed by atoms with Crippen LogP contribution in [0, 0.1) is 0 Å². The summed E-state index contributed by atoms with van der Waals surface area (Å²) in [6.07, 6.45) is -1.86. The second-order valence-electron chi connectivity index (χ2n) is 6.71. The zero-order valence-corrected chi connectivity index (χ0v) is 15.6. The monoisotopic (exact) mass is 369 g/mol. The number of carbonyl (C=O) groups is 2. The molecule has 2 aromatic carbocycles. The number of hydrogen-bond acceptors (Lipinski definition) is 5. The van der Waals surface area contributed by atoms with Gasteiger partial charge in [0.15, 0.2) is 17.6 Å². The summed E-state index contributed by atoms with van der Waals surface area (Å²) < 4.78 is 16.3. The Morgan fingerprint density at radius 2 is 1.70 bits per heavy atom. The van der Waals surface area contributed by atoms with Crippen molar-refractivity contribution in [1.29, 1.82) is 0 Å². The van der Waals surface area contributed by atoms with Crippen LogP contribution in [0.2, 0.25) is 0 Å². The molecule has 6 nitrogen and oxygen atoms in total. The molecular weight excluding hydrogens is 346 g/mol. The Hall–Kier alpha value is -3.02. The Balaban J connectivity index is 1.54. The van der Waals surface area contributed by atoms with Crippen molar-refractivity contribution in [2.75, 3.05) is 11.9 Å². The van der Waals surface area contributed by atoms with Gasteiger partial charge in [0.1, 0.15) is 6.61 Å². The molecule has 1 aliphatic heterocycles. The molecule has 1 N–H and O–H groups in total. The van der Waals surface area contributed by atoms with Gasteiger partial charge in [-0.05, 0) is 42.7 Å². The fourth-order valence-corrected chi connectivity index (χ4v) is 2.63. The summed E-state index contributed by atoms with van der Waals surface area (Å²) in [4.78, 5) is 24.6. The smallest absolute Gasteiger partial charge is 0.351 e. The minimum Gasteiger partial charge on any atom is -0.485 e. The van der Waals surface area contributed by atoms with Crippen LogP contribution in [0.25, 0.3) is 0 Å². The second-order valence-corrected chi connectivity index (χ2v) is 6.71. The number of nitrogens with one attached hydrogen (secondary N) is 1. The molecule has 0 radical (unpaired) electrons. The summed E-state index contributed by atoms with van der Waals surface area (Å²) in [5.74, 6) is 0.433. The van der Waals surface area contributed by atoms with Crippen molar-refractivity contribution < 1.29 is 23.8 Å². The van der Waals surface area contributed by atoms with E-state index in [-0.39, 0.29) is 6.61 Å². The van der Waals surface area contributed by atoms with Gasteiger partial charge in [-0.2, -0.15) is 0 Å². The van der Waals surface area contributed by atoms with Gasteiger partial charge in [-0.3, -0.25) is 4.79 Å². The fraction of sp³-hybridized carbons (Fsp3) is 0.333. The van der Waals surface area contributed by atoms with Crippen LogP contribution in [0.3, 0.4) is 0 Å². The number of carbonyl (C=O) groups excluding carboxylic acids is 2. The molecule has 0 aromatic heterocycles. The molecule has 27 heavy (non-hydrogen) atoms. The molecule has 0 saturated heterocycles. The van der Waals surface area contributed by atoms with E-state index in [1.54, 1.807) is 18.2 Å². The van der Waals surface area contributed by atoms with E-state index < -0.39 is 24.1 Å². The third kappa shape index (κ3) is 4.58. The average molecular weight is 369 g/mol. The summed E-state index contributed by atoms with van der Waals surface area (Å²) in [7, 11) is 0. The number of anilines is 1. The summed E-state index contributed by atoms with van der Waals surface area (Å²) >= 11 is 0. The van der Waals surface area contributed by atoms with Crippen molar-refractivity contribution in [2.45, 2.75) is 38.9 Å². The van der Waals surface area contributed by atoms with Gasteiger partial charge in [0.05, 0.1) is 0 Å². The lowest BCUT2D eigenvalue weighted by atomic mass is 10.0. The van der Waals surface area contributed by atoms with Crippen LogP contribution in [0.4, 0.5) is 5.69 Å². The molecule has 1 amide bonds. The molecule has 2 atom stereocenters. The van der Waals surface area contributed by atoms with Gasteiger partial charge < -0.3 is 19.5 Å². The van der Waals surface area contributed by atoms with Gasteiger partial charge in [-0.25, -0.2) is 4.79 Å². The minimum atomic E-state index is -0.956. The molecule has 0 saturated carbocycles. The number of benzene rings is 2. The van der Waals surface area contributed by atoms with Gasteiger partial charge in [0.2, 0.25) is 6.10 Å². The fourth-order valence-electron chi connectivity index (χ4n) is 2.63. The van der Waals surface area contributed by atoms with Crippen molar-refractivity contribution in [3.63, 3.8) is 0 Å². The Morgan fingerprint density at radius 3 is 2.37 bits per heavy atom. The van der Waals surface area contributed by atoms with E-state index >= 15 is 0 Å². The number of para-hydroxylation sites is 2. The van der Waals surface area contributed by atoms with Crippen LogP contribution < -0.4 is 14.8 Å². The van der Waals surface area contributed by atoms with Gasteiger partial charge >= 0.3 is 5.97 Å². The maximum Gasteiger partial charge on any atom is 0.351 e. The number of ether oxygens (including phenoxy) is 3. The molecule has 2 aromatic rings. The molecule has 1 heterocycles. The zero-order chi connectivity index (χ0) is 19.4. The van der Waals surface area contributed by atoms with Crippen LogP contribution >= 0.6 is 0 Å². The molecule has 0 bridgehead atoms. The van der Waals surface area contributed by atoms with E-state index in [0.717, 1.165) is 0 Å². The third-order valence-electron chi connectivity index (χ3n) is 4.28. The second kappa shape index (κ2) is 8.12. The lowest BCUT2D eigenvalue weighted by molar-refractivity contribution is -0.162. The molecule has 1 aliphatic rings. The van der Waals surface area contributed by atoms with Crippen LogP contribution in [0.1, 0.15) is 32.3 Å². The lowest BCUT2D eigenvalue weighted by Crippen LogP contribution is -2.41. The number of amides is 1. The largest absolute Gasteiger partial charge is 0.485 e. The number of hydrogen-bond donors (Lipinski definition) is 1. The predicted octanol–water partition coefficient (Wildman–Crippen LogP) is 3.52. The van der Waals surface area contributed by atoms with Crippen molar-refractivity contribution >= 4 is 17.6 Å². The summed E-state index contributed by atoms with van der Waals surface area (Å²) in [5, 5.41) is 2.74. The first kappa shape index (κ1) is 18.8. The number of esters is 1. The molecule has 142 valence electrons. The van der Waals surface area contributed by atoms with Crippen molar-refractivity contribution in [3.05, 3.63) is 54.1 Å². The van der Waals surface area contributed by atoms with Crippen molar-refractivity contribution in [1.82, 2.24) is 0 Å². The Kier molecular flexibility index (Phi) is 5.64. The van der Waals surface area contributed by atoms with E-state index in [1.165, 1.54) is 12.5 Å². The van der Waals surface area contributed by atoms with E-state index in [9.17, 15) is 9.59 Å². The molecule has 0 spiro atoms. The van der Waals surface area contributed by atoms with E-state index in [2.05, 4.69) is 19.2 Å². The Morgan fingerprint density at radius 1 is 1.04 bits per heavy atom. The number of fused-ring (bicyclic) bond motifs is 1. The highest BCUT2D eigenvalue weighted by Gasteiger charge is 2.31. The maximum atomic E-state index is 12.3. The van der Waals surface area contributed by atoms with Gasteiger partial charge in [-0.1, -0.05) is 38.1 Å². The first-order valence-corrected chi connectivity index (χ1v) is 8.94. The Labute approximate surface area is 158 Å². The van der Waals surface area contributed by atoms with Gasteiger partial charge in [-0.15, -0.1) is 0 Å². The van der Waals surface area contributed by atoms with Crippen molar-refractivity contribution in [3.8, 4) is 11.5 Å². The van der Waals surface area contributed by atoms with Crippen molar-refractivity contribution in [2.24, 2.45) is 0 Å². The standard InChI is InChI=1S/C21H23NO5/c1-13(2)15-8-10-16(11-9-15)22-20(23)14(3)26-21(24)19-12-25-17-6-4-5-7-18(17)27-19/h4-11,13-14,19H,12H2,1-3H3,(H,22,23)/t14-,19-/m0/s1. The highest BCUT2D eigenvalue weighted by Crippen LogP contribution is 2.31. The lowest BCUT2D eigenvalue weighted by Gasteiger charge is -2.25. The summed E-state index contributed by atoms with van der Waals surface area (Å²) in [5.41, 5.74) is 1.83. The van der Waals surface area contributed by atoms with E-state index in [4.69, 9.17) is 14.2 Å². The third-order valence-corrected chi connectivity index (χ3v) is 4.28. The summed E-state index contributed by atoms with van der Waals surface area (Å²) in [6.45, 7) is 5.77. The molecule has 0 unspecified atom stereocenters. The first-order valence-electron chi connectivity index (χ1n) is 8.94. The summed E-state index contributed by atoms with van der Waals surface area (Å²) in [6, 6.07) is 14.7. The quantitative estimate of drug-likeness (QED) is 0.817. The molecule has 6 heteroatoms.